The van der Waals surface area contributed by atoms with E-state index in [1.54, 1.807) is 0 Å². The quantitative estimate of drug-likeness (QED) is 0.587. The molecule has 0 aliphatic heterocycles. The van der Waals surface area contributed by atoms with E-state index in [4.69, 9.17) is 10.7 Å². The highest BCUT2D eigenvalue weighted by Crippen LogP contribution is 2.51. The van der Waals surface area contributed by atoms with Gasteiger partial charge in [-0.1, -0.05) is 31.5 Å². The first-order chi connectivity index (χ1) is 3.68. The molecule has 0 N–H and O–H groups in total. The molecular weight excluding hydrogens is 140 g/mol. The summed E-state index contributed by atoms with van der Waals surface area (Å²) in [5, 5.41) is 0. The predicted molar refractivity (Wildman–Crippen MR) is 45.1 cm³/mol. The van der Waals surface area contributed by atoms with Crippen molar-refractivity contribution in [2.75, 3.05) is 17.3 Å². The van der Waals surface area contributed by atoms with Crippen molar-refractivity contribution < 1.29 is 0 Å². The third-order valence-electron chi connectivity index (χ3n) is 1.55. The highest BCUT2D eigenvalue weighted by Gasteiger charge is 2.11. The summed E-state index contributed by atoms with van der Waals surface area (Å²) in [6.45, 7) is 6.53. The lowest BCUT2D eigenvalue weighted by atomic mass is 10.9. The third kappa shape index (κ3) is 2.27. The summed E-state index contributed by atoms with van der Waals surface area (Å²) < 4.78 is 0. The van der Waals surface area contributed by atoms with E-state index in [9.17, 15) is 0 Å². The van der Waals surface area contributed by atoms with E-state index in [0.717, 1.165) is 0 Å². The number of rotatable bonds is 3. The van der Waals surface area contributed by atoms with Crippen LogP contribution in [0.5, 0.6) is 0 Å². The van der Waals surface area contributed by atoms with E-state index in [1.807, 2.05) is 0 Å². The van der Waals surface area contributed by atoms with Gasteiger partial charge in [0.15, 0.2) is 0 Å². The maximum Gasteiger partial charge on any atom is -0.0129 e. The van der Waals surface area contributed by atoms with Gasteiger partial charge in [-0.2, -0.15) is 9.24 Å². The largest absolute Gasteiger partial charge is 0.164 e. The van der Waals surface area contributed by atoms with Gasteiger partial charge in [0.2, 0.25) is 0 Å². The van der Waals surface area contributed by atoms with Crippen molar-refractivity contribution in [3.05, 3.63) is 0 Å². The molecule has 0 saturated heterocycles. The molecule has 0 aromatic heterocycles. The highest BCUT2D eigenvalue weighted by molar-refractivity contribution is 8.51. The summed E-state index contributed by atoms with van der Waals surface area (Å²) in [6, 6.07) is 0. The molecule has 52 valence electrons. The Morgan fingerprint density at radius 1 is 1.00 bits per heavy atom. The number of hydrogen-bond acceptors (Lipinski definition) is 0. The molecule has 0 atom stereocenters. The molecule has 0 bridgehead atoms. The topological polar surface area (TPSA) is 0 Å². The van der Waals surface area contributed by atoms with Crippen LogP contribution in [0.25, 0.3) is 0 Å². The smallest absolute Gasteiger partial charge is 0.0129 e. The zero-order valence-corrected chi connectivity index (χ0v) is 7.48. The third-order valence-corrected chi connectivity index (χ3v) is 6.62. The van der Waals surface area contributed by atoms with E-state index in [0.29, 0.717) is 0 Å². The first kappa shape index (κ1) is 8.64. The average molecular weight is 155 g/mol. The Kier molecular flexibility index (Phi) is 3.91. The molecule has 0 aliphatic rings. The Labute approximate surface area is 58.4 Å². The minimum absolute atomic E-state index is 0.681. The fourth-order valence-corrected chi connectivity index (χ4v) is 1.84. The fraction of sp³-hybridized carbons (Fsp3) is 1.00. The second-order valence-corrected chi connectivity index (χ2v) is 7.38. The van der Waals surface area contributed by atoms with Crippen LogP contribution in [0.15, 0.2) is 0 Å². The molecule has 0 fully saturated rings. The van der Waals surface area contributed by atoms with Crippen LogP contribution in [0, 0.1) is 0 Å². The van der Waals surface area contributed by atoms with Crippen LogP contribution >= 0.6 is 19.9 Å². The SMILES string of the molecule is CCS(Cl)(CC)CC. The summed E-state index contributed by atoms with van der Waals surface area (Å²) in [5.41, 5.74) is 0. The lowest BCUT2D eigenvalue weighted by Gasteiger charge is -2.27. The minimum atomic E-state index is -0.681. The van der Waals surface area contributed by atoms with Crippen molar-refractivity contribution in [1.29, 1.82) is 0 Å². The van der Waals surface area contributed by atoms with Gasteiger partial charge in [0.05, 0.1) is 0 Å². The maximum absolute atomic E-state index is 6.18. The van der Waals surface area contributed by atoms with Gasteiger partial charge < -0.3 is 0 Å². The van der Waals surface area contributed by atoms with Gasteiger partial charge in [0.25, 0.3) is 0 Å². The van der Waals surface area contributed by atoms with Gasteiger partial charge in [-0.15, -0.1) is 0 Å². The Bertz CT molecular complexity index is 51.3. The lowest BCUT2D eigenvalue weighted by molar-refractivity contribution is 1.37. The Morgan fingerprint density at radius 3 is 1.25 bits per heavy atom. The molecule has 0 aromatic carbocycles. The van der Waals surface area contributed by atoms with Gasteiger partial charge in [-0.05, 0) is 17.3 Å². The molecule has 2 heteroatoms. The van der Waals surface area contributed by atoms with E-state index in [1.165, 1.54) is 17.3 Å². The molecule has 0 spiro atoms. The molecule has 0 saturated carbocycles. The summed E-state index contributed by atoms with van der Waals surface area (Å²) >= 11 is 0. The average Bonchev–Trinajstić information content (AvgIpc) is 1.87. The Hall–Kier alpha value is 0.640. The first-order valence-electron chi connectivity index (χ1n) is 3.14. The number of halogens is 1. The Balaban J connectivity index is 3.58. The van der Waals surface area contributed by atoms with Crippen LogP contribution < -0.4 is 0 Å². The predicted octanol–water partition coefficient (Wildman–Crippen LogP) is 3.00. The van der Waals surface area contributed by atoms with Gasteiger partial charge in [-0.25, -0.2) is 0 Å². The molecule has 0 aromatic rings. The fourth-order valence-electron chi connectivity index (χ4n) is 0.612. The van der Waals surface area contributed by atoms with Crippen molar-refractivity contribution in [3.8, 4) is 0 Å². The van der Waals surface area contributed by atoms with Crippen molar-refractivity contribution in [2.45, 2.75) is 20.8 Å². The molecule has 0 heterocycles. The van der Waals surface area contributed by atoms with Crippen LogP contribution in [-0.2, 0) is 0 Å². The molecule has 0 unspecified atom stereocenters. The van der Waals surface area contributed by atoms with E-state index < -0.39 is 9.24 Å². The molecule has 0 radical (unpaired) electrons. The van der Waals surface area contributed by atoms with Crippen molar-refractivity contribution >= 4 is 19.9 Å². The summed E-state index contributed by atoms with van der Waals surface area (Å²) in [4.78, 5) is 0. The normalized spacial score (nSPS) is 14.0. The van der Waals surface area contributed by atoms with E-state index in [-0.39, 0.29) is 0 Å². The zero-order valence-electron chi connectivity index (χ0n) is 5.91. The second-order valence-electron chi connectivity index (χ2n) is 1.81. The molecule has 0 rings (SSSR count). The zero-order chi connectivity index (χ0) is 6.62. The first-order valence-corrected chi connectivity index (χ1v) is 6.11. The Morgan fingerprint density at radius 2 is 1.25 bits per heavy atom. The van der Waals surface area contributed by atoms with Gasteiger partial charge >= 0.3 is 0 Å². The van der Waals surface area contributed by atoms with Crippen LogP contribution in [-0.4, -0.2) is 17.3 Å². The molecule has 8 heavy (non-hydrogen) atoms. The van der Waals surface area contributed by atoms with Crippen molar-refractivity contribution in [3.63, 3.8) is 0 Å². The summed E-state index contributed by atoms with van der Waals surface area (Å²) in [7, 11) is 5.50. The molecular formula is C6H15ClS. The van der Waals surface area contributed by atoms with Gasteiger partial charge in [0, 0.05) is 0 Å². The molecule has 0 nitrogen and oxygen atoms in total. The van der Waals surface area contributed by atoms with E-state index >= 15 is 0 Å². The van der Waals surface area contributed by atoms with Crippen molar-refractivity contribution in [1.82, 2.24) is 0 Å². The number of hydrogen-bond donors (Lipinski definition) is 0. The van der Waals surface area contributed by atoms with Gasteiger partial charge in [0.1, 0.15) is 0 Å². The van der Waals surface area contributed by atoms with Crippen LogP contribution in [0.4, 0.5) is 0 Å². The van der Waals surface area contributed by atoms with E-state index in [2.05, 4.69) is 20.8 Å². The standard InChI is InChI=1S/C6H15ClS/c1-4-8(7,5-2)6-3/h4-6H2,1-3H3. The monoisotopic (exact) mass is 154 g/mol. The van der Waals surface area contributed by atoms with Crippen LogP contribution in [0.2, 0.25) is 0 Å². The summed E-state index contributed by atoms with van der Waals surface area (Å²) in [5.74, 6) is 3.50. The lowest BCUT2D eigenvalue weighted by Crippen LogP contribution is -1.99. The van der Waals surface area contributed by atoms with Gasteiger partial charge in [-0.3, -0.25) is 0 Å². The molecule has 0 amide bonds. The minimum Gasteiger partial charge on any atom is -0.164 e. The van der Waals surface area contributed by atoms with Crippen LogP contribution in [0.1, 0.15) is 20.8 Å². The van der Waals surface area contributed by atoms with Crippen LogP contribution in [0.3, 0.4) is 0 Å². The van der Waals surface area contributed by atoms with Crippen molar-refractivity contribution in [2.24, 2.45) is 0 Å². The maximum atomic E-state index is 6.18. The second kappa shape index (κ2) is 3.62. The molecule has 0 aliphatic carbocycles. The summed E-state index contributed by atoms with van der Waals surface area (Å²) in [6.07, 6.45) is 0. The highest BCUT2D eigenvalue weighted by atomic mass is 35.7.